The minimum atomic E-state index is 0.745. The van der Waals surface area contributed by atoms with Gasteiger partial charge in [-0.3, -0.25) is 0 Å². The minimum Gasteiger partial charge on any atom is -0.345 e. The molecular formula is C17H20N4. The third kappa shape index (κ3) is 2.72. The molecule has 0 atom stereocenters. The maximum absolute atomic E-state index is 4.10. The van der Waals surface area contributed by atoms with E-state index in [4.69, 9.17) is 0 Å². The highest BCUT2D eigenvalue weighted by Gasteiger charge is 2.20. The van der Waals surface area contributed by atoms with E-state index in [1.54, 1.807) is 0 Å². The van der Waals surface area contributed by atoms with Crippen LogP contribution in [-0.2, 0) is 19.6 Å². The Balaban J connectivity index is 1.58. The zero-order chi connectivity index (χ0) is 14.1. The van der Waals surface area contributed by atoms with E-state index in [0.29, 0.717) is 0 Å². The van der Waals surface area contributed by atoms with Crippen molar-refractivity contribution in [2.24, 2.45) is 0 Å². The molecule has 0 unspecified atom stereocenters. The second-order valence-electron chi connectivity index (χ2n) is 5.82. The van der Waals surface area contributed by atoms with Gasteiger partial charge in [-0.25, -0.2) is 4.98 Å². The zero-order valence-electron chi connectivity index (χ0n) is 12.1. The molecule has 0 amide bonds. The van der Waals surface area contributed by atoms with Gasteiger partial charge in [0.1, 0.15) is 0 Å². The molecule has 1 saturated carbocycles. The van der Waals surface area contributed by atoms with Gasteiger partial charge in [0.25, 0.3) is 0 Å². The van der Waals surface area contributed by atoms with Gasteiger partial charge in [-0.05, 0) is 29.9 Å². The molecule has 4 nitrogen and oxygen atoms in total. The fraction of sp³-hybridized carbons (Fsp3) is 0.353. The van der Waals surface area contributed by atoms with E-state index in [9.17, 15) is 0 Å². The number of aromatic nitrogens is 3. The summed E-state index contributed by atoms with van der Waals surface area (Å²) in [6.45, 7) is 2.89. The van der Waals surface area contributed by atoms with E-state index < -0.39 is 0 Å². The summed E-state index contributed by atoms with van der Waals surface area (Å²) in [5.74, 6) is 0. The van der Waals surface area contributed by atoms with Crippen LogP contribution < -0.4 is 5.32 Å². The van der Waals surface area contributed by atoms with E-state index in [-0.39, 0.29) is 0 Å². The van der Waals surface area contributed by atoms with Crippen molar-refractivity contribution in [3.8, 4) is 0 Å². The van der Waals surface area contributed by atoms with Gasteiger partial charge in [-0.15, -0.1) is 0 Å². The van der Waals surface area contributed by atoms with Crippen LogP contribution in [0.3, 0.4) is 0 Å². The molecule has 1 aromatic carbocycles. The standard InChI is InChI=1S/C17H20N4/c1-2-14-6-8-21(11-10-20-9-7-18-13-20)17(14)15(3-1)12-19-16-4-5-16/h1-3,6-9,13,16,19H,4-5,10-12H2. The molecule has 0 aliphatic heterocycles. The number of imidazole rings is 1. The van der Waals surface area contributed by atoms with Crippen LogP contribution in [-0.4, -0.2) is 20.2 Å². The molecule has 2 aromatic heterocycles. The Morgan fingerprint density at radius 1 is 1.14 bits per heavy atom. The lowest BCUT2D eigenvalue weighted by Crippen LogP contribution is -2.16. The van der Waals surface area contributed by atoms with Gasteiger partial charge < -0.3 is 14.5 Å². The summed E-state index contributed by atoms with van der Waals surface area (Å²) in [5.41, 5.74) is 2.76. The van der Waals surface area contributed by atoms with Gasteiger partial charge in [-0.2, -0.15) is 0 Å². The van der Waals surface area contributed by atoms with Gasteiger partial charge in [0.05, 0.1) is 11.8 Å². The topological polar surface area (TPSA) is 34.8 Å². The summed E-state index contributed by atoms with van der Waals surface area (Å²) in [6.07, 6.45) is 10.6. The summed E-state index contributed by atoms with van der Waals surface area (Å²) in [4.78, 5) is 4.10. The van der Waals surface area contributed by atoms with Crippen LogP contribution in [0.4, 0.5) is 0 Å². The fourth-order valence-corrected chi connectivity index (χ4v) is 2.85. The number of aryl methyl sites for hydroxylation is 2. The number of fused-ring (bicyclic) bond motifs is 1. The lowest BCUT2D eigenvalue weighted by Gasteiger charge is -2.11. The lowest BCUT2D eigenvalue weighted by atomic mass is 10.1. The monoisotopic (exact) mass is 280 g/mol. The highest BCUT2D eigenvalue weighted by molar-refractivity contribution is 5.83. The largest absolute Gasteiger partial charge is 0.345 e. The summed E-state index contributed by atoms with van der Waals surface area (Å²) < 4.78 is 4.48. The molecule has 1 N–H and O–H groups in total. The Bertz CT molecular complexity index is 722. The molecule has 1 aliphatic rings. The first-order valence-electron chi connectivity index (χ1n) is 7.66. The van der Waals surface area contributed by atoms with Crippen molar-refractivity contribution < 1.29 is 0 Å². The fourth-order valence-electron chi connectivity index (χ4n) is 2.85. The van der Waals surface area contributed by atoms with Crippen LogP contribution in [0.1, 0.15) is 18.4 Å². The molecule has 4 heteroatoms. The number of benzene rings is 1. The Labute approximate surface area is 124 Å². The molecular weight excluding hydrogens is 260 g/mol. The first kappa shape index (κ1) is 12.7. The number of nitrogens with one attached hydrogen (secondary N) is 1. The molecule has 0 saturated heterocycles. The second kappa shape index (κ2) is 5.37. The number of para-hydroxylation sites is 1. The average molecular weight is 280 g/mol. The van der Waals surface area contributed by atoms with Crippen molar-refractivity contribution in [1.82, 2.24) is 19.4 Å². The van der Waals surface area contributed by atoms with Crippen LogP contribution in [0.2, 0.25) is 0 Å². The second-order valence-corrected chi connectivity index (χ2v) is 5.82. The predicted molar refractivity (Wildman–Crippen MR) is 84.0 cm³/mol. The average Bonchev–Trinajstić information content (AvgIpc) is 3.01. The van der Waals surface area contributed by atoms with Crippen molar-refractivity contribution >= 4 is 10.9 Å². The SMILES string of the molecule is c1cc(CNC2CC2)c2c(c1)ccn2CCn1ccnc1. The Hall–Kier alpha value is -2.07. The van der Waals surface area contributed by atoms with Crippen molar-refractivity contribution in [3.05, 3.63) is 54.7 Å². The van der Waals surface area contributed by atoms with Gasteiger partial charge in [0, 0.05) is 44.3 Å². The highest BCUT2D eigenvalue weighted by atomic mass is 15.1. The first-order valence-corrected chi connectivity index (χ1v) is 7.66. The lowest BCUT2D eigenvalue weighted by molar-refractivity contribution is 0.589. The van der Waals surface area contributed by atoms with Crippen molar-refractivity contribution in [3.63, 3.8) is 0 Å². The summed E-state index contributed by atoms with van der Waals surface area (Å²) in [7, 11) is 0. The molecule has 0 bridgehead atoms. The molecule has 0 radical (unpaired) electrons. The minimum absolute atomic E-state index is 0.745. The smallest absolute Gasteiger partial charge is 0.0946 e. The third-order valence-electron chi connectivity index (χ3n) is 4.19. The van der Waals surface area contributed by atoms with E-state index >= 15 is 0 Å². The summed E-state index contributed by atoms with van der Waals surface area (Å²) in [5, 5.41) is 4.95. The van der Waals surface area contributed by atoms with Crippen LogP contribution in [0.15, 0.2) is 49.2 Å². The molecule has 0 spiro atoms. The molecule has 1 aliphatic carbocycles. The van der Waals surface area contributed by atoms with Gasteiger partial charge in [0.2, 0.25) is 0 Å². The van der Waals surface area contributed by atoms with Crippen LogP contribution >= 0.6 is 0 Å². The molecule has 3 aromatic rings. The number of hydrogen-bond donors (Lipinski definition) is 1. The van der Waals surface area contributed by atoms with Gasteiger partial charge in [-0.1, -0.05) is 18.2 Å². The van der Waals surface area contributed by atoms with Gasteiger partial charge in [0.15, 0.2) is 0 Å². The van der Waals surface area contributed by atoms with Gasteiger partial charge >= 0.3 is 0 Å². The van der Waals surface area contributed by atoms with Crippen molar-refractivity contribution in [1.29, 1.82) is 0 Å². The first-order chi connectivity index (χ1) is 10.4. The quantitative estimate of drug-likeness (QED) is 0.753. The number of nitrogens with zero attached hydrogens (tertiary/aromatic N) is 3. The van der Waals surface area contributed by atoms with E-state index in [0.717, 1.165) is 25.7 Å². The molecule has 21 heavy (non-hydrogen) atoms. The third-order valence-corrected chi connectivity index (χ3v) is 4.19. The normalized spacial score (nSPS) is 14.9. The maximum atomic E-state index is 4.10. The molecule has 2 heterocycles. The Kier molecular flexibility index (Phi) is 3.24. The van der Waals surface area contributed by atoms with E-state index in [1.165, 1.54) is 29.3 Å². The van der Waals surface area contributed by atoms with E-state index in [2.05, 4.69) is 49.9 Å². The summed E-state index contributed by atoms with van der Waals surface area (Å²) >= 11 is 0. The highest BCUT2D eigenvalue weighted by Crippen LogP contribution is 2.23. The van der Waals surface area contributed by atoms with Crippen LogP contribution in [0.25, 0.3) is 10.9 Å². The number of rotatable bonds is 6. The Morgan fingerprint density at radius 2 is 2.10 bits per heavy atom. The van der Waals surface area contributed by atoms with E-state index in [1.807, 2.05) is 18.7 Å². The molecule has 108 valence electrons. The zero-order valence-corrected chi connectivity index (χ0v) is 12.1. The van der Waals surface area contributed by atoms with Crippen molar-refractivity contribution in [2.45, 2.75) is 38.5 Å². The molecule has 4 rings (SSSR count). The maximum Gasteiger partial charge on any atom is 0.0946 e. The predicted octanol–water partition coefficient (Wildman–Crippen LogP) is 2.79. The summed E-state index contributed by atoms with van der Waals surface area (Å²) in [6, 6.07) is 9.56. The number of hydrogen-bond acceptors (Lipinski definition) is 2. The molecule has 1 fully saturated rings. The van der Waals surface area contributed by atoms with Crippen molar-refractivity contribution in [2.75, 3.05) is 0 Å². The Morgan fingerprint density at radius 3 is 2.90 bits per heavy atom. The van der Waals surface area contributed by atoms with Crippen LogP contribution in [0, 0.1) is 0 Å². The van der Waals surface area contributed by atoms with Crippen LogP contribution in [0.5, 0.6) is 0 Å².